The first kappa shape index (κ1) is 18.1. The van der Waals surface area contributed by atoms with E-state index in [9.17, 15) is 4.79 Å². The fourth-order valence-electron chi connectivity index (χ4n) is 3.13. The van der Waals surface area contributed by atoms with E-state index in [2.05, 4.69) is 19.9 Å². The van der Waals surface area contributed by atoms with Gasteiger partial charge in [-0.05, 0) is 55.2 Å². The van der Waals surface area contributed by atoms with Crippen LogP contribution >= 0.6 is 0 Å². The number of fused-ring (bicyclic) bond motifs is 1. The zero-order chi connectivity index (χ0) is 18.7. The highest BCUT2D eigenvalue weighted by Crippen LogP contribution is 2.30. The summed E-state index contributed by atoms with van der Waals surface area (Å²) < 4.78 is 17.0. The minimum absolute atomic E-state index is 0.271. The molecule has 0 fully saturated rings. The lowest BCUT2D eigenvalue weighted by Crippen LogP contribution is -2.06. The molecule has 0 N–H and O–H groups in total. The molecule has 3 rings (SSSR count). The summed E-state index contributed by atoms with van der Waals surface area (Å²) in [5, 5.41) is 0.910. The molecule has 0 spiro atoms. The minimum Gasteiger partial charge on any atom is -0.490 e. The van der Waals surface area contributed by atoms with Gasteiger partial charge in [-0.1, -0.05) is 26.0 Å². The summed E-state index contributed by atoms with van der Waals surface area (Å²) in [5.74, 6) is 1.74. The van der Waals surface area contributed by atoms with Crippen molar-refractivity contribution in [1.29, 1.82) is 0 Å². The van der Waals surface area contributed by atoms with Gasteiger partial charge in [-0.25, -0.2) is 4.79 Å². The molecule has 0 aliphatic rings. The smallest absolute Gasteiger partial charge is 0.336 e. The molecule has 0 atom stereocenters. The third-order valence-electron chi connectivity index (χ3n) is 4.37. The highest BCUT2D eigenvalue weighted by atomic mass is 16.5. The SMILES string of the molecule is CCOc1ccccc1OCc1cc(=O)oc2cc(C)c(C(C)C)cc12. The second-order valence-electron chi connectivity index (χ2n) is 6.62. The Morgan fingerprint density at radius 1 is 1.04 bits per heavy atom. The summed E-state index contributed by atoms with van der Waals surface area (Å²) in [6.07, 6.45) is 0. The number of ether oxygens (including phenoxy) is 2. The van der Waals surface area contributed by atoms with E-state index in [0.717, 1.165) is 16.5 Å². The summed E-state index contributed by atoms with van der Waals surface area (Å²) in [7, 11) is 0. The first-order valence-electron chi connectivity index (χ1n) is 8.91. The zero-order valence-corrected chi connectivity index (χ0v) is 15.7. The molecule has 3 aromatic rings. The van der Waals surface area contributed by atoms with Crippen LogP contribution in [0.1, 0.15) is 43.4 Å². The van der Waals surface area contributed by atoms with Crippen molar-refractivity contribution in [3.8, 4) is 11.5 Å². The van der Waals surface area contributed by atoms with Crippen molar-refractivity contribution in [2.24, 2.45) is 0 Å². The highest BCUT2D eigenvalue weighted by molar-refractivity contribution is 5.82. The zero-order valence-electron chi connectivity index (χ0n) is 15.7. The molecule has 0 radical (unpaired) electrons. The molecule has 0 saturated heterocycles. The summed E-state index contributed by atoms with van der Waals surface area (Å²) in [6.45, 7) is 9.12. The number of aryl methyl sites for hydroxylation is 1. The van der Waals surface area contributed by atoms with Gasteiger partial charge in [0.2, 0.25) is 0 Å². The molecular formula is C22H24O4. The molecular weight excluding hydrogens is 328 g/mol. The first-order chi connectivity index (χ1) is 12.5. The molecule has 1 heterocycles. The van der Waals surface area contributed by atoms with E-state index in [4.69, 9.17) is 13.9 Å². The van der Waals surface area contributed by atoms with E-state index in [1.54, 1.807) is 0 Å². The highest BCUT2D eigenvalue weighted by Gasteiger charge is 2.12. The van der Waals surface area contributed by atoms with Crippen LogP contribution in [0.4, 0.5) is 0 Å². The summed E-state index contributed by atoms with van der Waals surface area (Å²) in [4.78, 5) is 12.0. The Hall–Kier alpha value is -2.75. The lowest BCUT2D eigenvalue weighted by atomic mass is 9.95. The Bertz CT molecular complexity index is 970. The normalized spacial score (nSPS) is 11.1. The quantitative estimate of drug-likeness (QED) is 0.572. The number of para-hydroxylation sites is 2. The van der Waals surface area contributed by atoms with Crippen molar-refractivity contribution in [2.75, 3.05) is 6.61 Å². The molecule has 4 heteroatoms. The number of hydrogen-bond acceptors (Lipinski definition) is 4. The second-order valence-corrected chi connectivity index (χ2v) is 6.62. The van der Waals surface area contributed by atoms with E-state index in [1.165, 1.54) is 11.6 Å². The fraction of sp³-hybridized carbons (Fsp3) is 0.318. The van der Waals surface area contributed by atoms with Crippen LogP contribution in [0.5, 0.6) is 11.5 Å². The maximum Gasteiger partial charge on any atom is 0.336 e. The average molecular weight is 352 g/mol. The van der Waals surface area contributed by atoms with Crippen LogP contribution in [0.3, 0.4) is 0 Å². The first-order valence-corrected chi connectivity index (χ1v) is 8.91. The monoisotopic (exact) mass is 352 g/mol. The van der Waals surface area contributed by atoms with E-state index in [-0.39, 0.29) is 12.2 Å². The van der Waals surface area contributed by atoms with Crippen LogP contribution < -0.4 is 15.1 Å². The van der Waals surface area contributed by atoms with Gasteiger partial charge in [-0.15, -0.1) is 0 Å². The molecule has 0 amide bonds. The van der Waals surface area contributed by atoms with Crippen molar-refractivity contribution < 1.29 is 13.9 Å². The van der Waals surface area contributed by atoms with Crippen LogP contribution in [0.25, 0.3) is 11.0 Å². The van der Waals surface area contributed by atoms with Crippen LogP contribution in [0.15, 0.2) is 51.7 Å². The third-order valence-corrected chi connectivity index (χ3v) is 4.37. The Morgan fingerprint density at radius 2 is 1.73 bits per heavy atom. The molecule has 0 aliphatic heterocycles. The molecule has 26 heavy (non-hydrogen) atoms. The Balaban J connectivity index is 1.99. The van der Waals surface area contributed by atoms with Crippen molar-refractivity contribution in [1.82, 2.24) is 0 Å². The van der Waals surface area contributed by atoms with Crippen LogP contribution in [-0.4, -0.2) is 6.61 Å². The maximum atomic E-state index is 12.0. The Morgan fingerprint density at radius 3 is 2.38 bits per heavy atom. The second kappa shape index (κ2) is 7.65. The van der Waals surface area contributed by atoms with Gasteiger partial charge in [-0.2, -0.15) is 0 Å². The van der Waals surface area contributed by atoms with E-state index >= 15 is 0 Å². The van der Waals surface area contributed by atoms with E-state index < -0.39 is 0 Å². The maximum absolute atomic E-state index is 12.0. The predicted octanol–water partition coefficient (Wildman–Crippen LogP) is 5.20. The number of benzene rings is 2. The molecule has 0 bridgehead atoms. The topological polar surface area (TPSA) is 48.7 Å². The van der Waals surface area contributed by atoms with Crippen molar-refractivity contribution in [3.05, 3.63) is 69.6 Å². The van der Waals surface area contributed by atoms with E-state index in [0.29, 0.717) is 29.6 Å². The number of hydrogen-bond donors (Lipinski definition) is 0. The molecule has 0 unspecified atom stereocenters. The Kier molecular flexibility index (Phi) is 5.31. The average Bonchev–Trinajstić information content (AvgIpc) is 2.60. The molecule has 0 saturated carbocycles. The summed E-state index contributed by atoms with van der Waals surface area (Å²) >= 11 is 0. The summed E-state index contributed by atoms with van der Waals surface area (Å²) in [5.41, 5.74) is 3.39. The van der Waals surface area contributed by atoms with Crippen molar-refractivity contribution >= 4 is 11.0 Å². The predicted molar refractivity (Wildman–Crippen MR) is 103 cm³/mol. The number of rotatable bonds is 6. The van der Waals surface area contributed by atoms with Gasteiger partial charge in [0, 0.05) is 17.0 Å². The van der Waals surface area contributed by atoms with Crippen LogP contribution in [0.2, 0.25) is 0 Å². The van der Waals surface area contributed by atoms with Gasteiger partial charge in [-0.3, -0.25) is 0 Å². The van der Waals surface area contributed by atoms with Gasteiger partial charge in [0.1, 0.15) is 12.2 Å². The van der Waals surface area contributed by atoms with E-state index in [1.807, 2.05) is 44.2 Å². The van der Waals surface area contributed by atoms with Crippen LogP contribution in [0, 0.1) is 6.92 Å². The standard InChI is InChI=1S/C22H24O4/c1-5-24-19-8-6-7-9-20(19)25-13-16-11-22(23)26-21-10-15(4)17(14(2)3)12-18(16)21/h6-12,14H,5,13H2,1-4H3. The van der Waals surface area contributed by atoms with Crippen LogP contribution in [-0.2, 0) is 6.61 Å². The Labute approximate surface area is 153 Å². The molecule has 136 valence electrons. The lowest BCUT2D eigenvalue weighted by Gasteiger charge is -2.14. The lowest BCUT2D eigenvalue weighted by molar-refractivity contribution is 0.269. The van der Waals surface area contributed by atoms with Crippen molar-refractivity contribution in [2.45, 2.75) is 40.2 Å². The van der Waals surface area contributed by atoms with Gasteiger partial charge < -0.3 is 13.9 Å². The molecule has 4 nitrogen and oxygen atoms in total. The van der Waals surface area contributed by atoms with Gasteiger partial charge in [0.05, 0.1) is 6.61 Å². The minimum atomic E-state index is -0.370. The van der Waals surface area contributed by atoms with Gasteiger partial charge >= 0.3 is 5.63 Å². The van der Waals surface area contributed by atoms with Gasteiger partial charge in [0.15, 0.2) is 11.5 Å². The molecule has 0 aliphatic carbocycles. The fourth-order valence-corrected chi connectivity index (χ4v) is 3.13. The third kappa shape index (κ3) is 3.74. The summed E-state index contributed by atoms with van der Waals surface area (Å²) in [6, 6.07) is 13.1. The van der Waals surface area contributed by atoms with Crippen molar-refractivity contribution in [3.63, 3.8) is 0 Å². The van der Waals surface area contributed by atoms with Gasteiger partial charge in [0.25, 0.3) is 0 Å². The molecule has 1 aromatic heterocycles. The largest absolute Gasteiger partial charge is 0.490 e. The molecule has 2 aromatic carbocycles.